The summed E-state index contributed by atoms with van der Waals surface area (Å²) >= 11 is 0. The molecule has 0 saturated carbocycles. The number of benzene rings is 2. The molecule has 0 bridgehead atoms. The third-order valence-electron chi connectivity index (χ3n) is 4.19. The zero-order valence-corrected chi connectivity index (χ0v) is 16.5. The molecule has 1 unspecified atom stereocenters. The lowest BCUT2D eigenvalue weighted by Crippen LogP contribution is -2.40. The van der Waals surface area contributed by atoms with Crippen LogP contribution >= 0.6 is 0 Å². The molecule has 0 saturated heterocycles. The van der Waals surface area contributed by atoms with E-state index in [1.807, 2.05) is 42.5 Å². The van der Waals surface area contributed by atoms with Gasteiger partial charge in [-0.15, -0.1) is 0 Å². The number of nitrogens with zero attached hydrogens (tertiary/aromatic N) is 1. The summed E-state index contributed by atoms with van der Waals surface area (Å²) in [6, 6.07) is 15.6. The number of guanidine groups is 1. The van der Waals surface area contributed by atoms with Crippen LogP contribution in [-0.2, 0) is 0 Å². The van der Waals surface area contributed by atoms with Crippen molar-refractivity contribution in [3.8, 4) is 17.2 Å². The Kier molecular flexibility index (Phi) is 8.29. The zero-order valence-electron chi connectivity index (χ0n) is 16.5. The predicted molar refractivity (Wildman–Crippen MR) is 109 cm³/mol. The van der Waals surface area contributed by atoms with E-state index < -0.39 is 0 Å². The van der Waals surface area contributed by atoms with E-state index in [4.69, 9.17) is 14.2 Å². The predicted octanol–water partition coefficient (Wildman–Crippen LogP) is 3.05. The van der Waals surface area contributed by atoms with Crippen LogP contribution in [-0.4, -0.2) is 46.9 Å². The van der Waals surface area contributed by atoms with E-state index in [1.54, 1.807) is 21.3 Å². The van der Waals surface area contributed by atoms with Crippen LogP contribution in [0.4, 0.5) is 0 Å². The summed E-state index contributed by atoms with van der Waals surface area (Å²) in [5.74, 6) is 3.56. The van der Waals surface area contributed by atoms with E-state index in [9.17, 15) is 0 Å². The second-order valence-electron chi connectivity index (χ2n) is 6.05. The number of para-hydroxylation sites is 1. The summed E-state index contributed by atoms with van der Waals surface area (Å²) < 4.78 is 16.3. The van der Waals surface area contributed by atoms with Crippen LogP contribution in [0.25, 0.3) is 0 Å². The van der Waals surface area contributed by atoms with Gasteiger partial charge in [-0.2, -0.15) is 0 Å². The van der Waals surface area contributed by atoms with Gasteiger partial charge in [0.2, 0.25) is 0 Å². The number of hydrogen-bond donors (Lipinski definition) is 2. The Bertz CT molecular complexity index is 717. The van der Waals surface area contributed by atoms with Crippen LogP contribution in [0.15, 0.2) is 53.5 Å². The highest BCUT2D eigenvalue weighted by Crippen LogP contribution is 2.25. The van der Waals surface area contributed by atoms with Crippen molar-refractivity contribution in [2.45, 2.75) is 12.8 Å². The highest BCUT2D eigenvalue weighted by molar-refractivity contribution is 5.79. The Labute approximate surface area is 161 Å². The number of aliphatic imine (C=N–C) groups is 1. The number of hydrogen-bond acceptors (Lipinski definition) is 4. The quantitative estimate of drug-likeness (QED) is 0.403. The fourth-order valence-electron chi connectivity index (χ4n) is 2.66. The number of methoxy groups -OCH3 is 2. The Morgan fingerprint density at radius 3 is 2.33 bits per heavy atom. The molecule has 27 heavy (non-hydrogen) atoms. The molecule has 2 rings (SSSR count). The lowest BCUT2D eigenvalue weighted by molar-refractivity contribution is 0.321. The normalized spacial score (nSPS) is 12.2. The first-order chi connectivity index (χ1) is 13.2. The van der Waals surface area contributed by atoms with Gasteiger partial charge in [0, 0.05) is 19.5 Å². The SMILES string of the molecule is CN=C(NCCOc1ccc(OC)cc1)NCC(C)c1ccccc1OC. The topological polar surface area (TPSA) is 64.1 Å². The van der Waals surface area contributed by atoms with Crippen LogP contribution in [0, 0.1) is 0 Å². The van der Waals surface area contributed by atoms with Crippen molar-refractivity contribution in [2.75, 3.05) is 41.0 Å². The third kappa shape index (κ3) is 6.40. The molecule has 0 aliphatic rings. The Balaban J connectivity index is 1.73. The lowest BCUT2D eigenvalue weighted by Gasteiger charge is -2.18. The number of ether oxygens (including phenoxy) is 3. The third-order valence-corrected chi connectivity index (χ3v) is 4.19. The number of nitrogens with one attached hydrogen (secondary N) is 2. The van der Waals surface area contributed by atoms with Gasteiger partial charge in [0.05, 0.1) is 20.8 Å². The fraction of sp³-hybridized carbons (Fsp3) is 0.381. The summed E-state index contributed by atoms with van der Waals surface area (Å²) in [6.45, 7) is 4.09. The van der Waals surface area contributed by atoms with E-state index in [1.165, 1.54) is 5.56 Å². The van der Waals surface area contributed by atoms with Gasteiger partial charge >= 0.3 is 0 Å². The molecular formula is C21H29N3O3. The van der Waals surface area contributed by atoms with Crippen molar-refractivity contribution in [3.63, 3.8) is 0 Å². The second-order valence-corrected chi connectivity index (χ2v) is 6.05. The summed E-state index contributed by atoms with van der Waals surface area (Å²) in [6.07, 6.45) is 0. The van der Waals surface area contributed by atoms with E-state index >= 15 is 0 Å². The first-order valence-corrected chi connectivity index (χ1v) is 9.02. The first-order valence-electron chi connectivity index (χ1n) is 9.02. The summed E-state index contributed by atoms with van der Waals surface area (Å²) in [4.78, 5) is 4.25. The van der Waals surface area contributed by atoms with Gasteiger partial charge in [-0.25, -0.2) is 0 Å². The molecule has 0 radical (unpaired) electrons. The lowest BCUT2D eigenvalue weighted by atomic mass is 10.0. The molecule has 0 aliphatic heterocycles. The maximum atomic E-state index is 5.71. The Morgan fingerprint density at radius 1 is 0.963 bits per heavy atom. The van der Waals surface area contributed by atoms with Crippen LogP contribution in [0.2, 0.25) is 0 Å². The fourth-order valence-corrected chi connectivity index (χ4v) is 2.66. The summed E-state index contributed by atoms with van der Waals surface area (Å²) in [5.41, 5.74) is 1.17. The molecule has 6 heteroatoms. The largest absolute Gasteiger partial charge is 0.497 e. The van der Waals surface area contributed by atoms with Gasteiger partial charge in [0.25, 0.3) is 0 Å². The molecule has 0 spiro atoms. The molecule has 2 N–H and O–H groups in total. The highest BCUT2D eigenvalue weighted by atomic mass is 16.5. The minimum absolute atomic E-state index is 0.287. The standard InChI is InChI=1S/C21H29N3O3/c1-16(19-7-5-6-8-20(19)26-4)15-24-21(22-2)23-13-14-27-18-11-9-17(25-3)10-12-18/h5-12,16H,13-15H2,1-4H3,(H2,22,23,24). The Hall–Kier alpha value is -2.89. The summed E-state index contributed by atoms with van der Waals surface area (Å²) in [5, 5.41) is 6.60. The van der Waals surface area contributed by atoms with Gasteiger partial charge < -0.3 is 24.8 Å². The second kappa shape index (κ2) is 11.0. The molecule has 6 nitrogen and oxygen atoms in total. The minimum Gasteiger partial charge on any atom is -0.497 e. The maximum Gasteiger partial charge on any atom is 0.191 e. The molecule has 2 aromatic rings. The van der Waals surface area contributed by atoms with Crippen molar-refractivity contribution >= 4 is 5.96 Å². The molecule has 0 amide bonds. The summed E-state index contributed by atoms with van der Waals surface area (Å²) in [7, 11) is 5.10. The average Bonchev–Trinajstić information content (AvgIpc) is 2.73. The van der Waals surface area contributed by atoms with Gasteiger partial charge in [0.15, 0.2) is 5.96 Å². The van der Waals surface area contributed by atoms with E-state index in [2.05, 4.69) is 28.6 Å². The monoisotopic (exact) mass is 371 g/mol. The van der Waals surface area contributed by atoms with Crippen molar-refractivity contribution in [1.82, 2.24) is 10.6 Å². The van der Waals surface area contributed by atoms with Gasteiger partial charge in [0.1, 0.15) is 23.9 Å². The van der Waals surface area contributed by atoms with E-state index in [0.29, 0.717) is 13.2 Å². The average molecular weight is 371 g/mol. The van der Waals surface area contributed by atoms with E-state index in [0.717, 1.165) is 29.8 Å². The molecule has 2 aromatic carbocycles. The van der Waals surface area contributed by atoms with Crippen LogP contribution in [0.3, 0.4) is 0 Å². The molecule has 146 valence electrons. The molecule has 0 heterocycles. The maximum absolute atomic E-state index is 5.71. The minimum atomic E-state index is 0.287. The Morgan fingerprint density at radius 2 is 1.67 bits per heavy atom. The smallest absolute Gasteiger partial charge is 0.191 e. The highest BCUT2D eigenvalue weighted by Gasteiger charge is 2.11. The molecule has 0 aliphatic carbocycles. The zero-order chi connectivity index (χ0) is 19.5. The van der Waals surface area contributed by atoms with Crippen molar-refractivity contribution in [2.24, 2.45) is 4.99 Å². The molecule has 0 aromatic heterocycles. The van der Waals surface area contributed by atoms with Crippen LogP contribution < -0.4 is 24.8 Å². The van der Waals surface area contributed by atoms with Crippen molar-refractivity contribution in [3.05, 3.63) is 54.1 Å². The molecule has 0 fully saturated rings. The van der Waals surface area contributed by atoms with Gasteiger partial charge in [-0.05, 0) is 35.9 Å². The van der Waals surface area contributed by atoms with E-state index in [-0.39, 0.29) is 5.92 Å². The van der Waals surface area contributed by atoms with Crippen molar-refractivity contribution in [1.29, 1.82) is 0 Å². The van der Waals surface area contributed by atoms with Crippen LogP contribution in [0.5, 0.6) is 17.2 Å². The first kappa shape index (κ1) is 20.4. The molecular weight excluding hydrogens is 342 g/mol. The molecule has 1 atom stereocenters. The van der Waals surface area contributed by atoms with Crippen LogP contribution in [0.1, 0.15) is 18.4 Å². The van der Waals surface area contributed by atoms with Gasteiger partial charge in [-0.1, -0.05) is 25.1 Å². The number of rotatable bonds is 9. The van der Waals surface area contributed by atoms with Crippen molar-refractivity contribution < 1.29 is 14.2 Å². The van der Waals surface area contributed by atoms with Gasteiger partial charge in [-0.3, -0.25) is 4.99 Å².